The van der Waals surface area contributed by atoms with Crippen molar-refractivity contribution in [1.82, 2.24) is 14.7 Å². The fourth-order valence-corrected chi connectivity index (χ4v) is 3.78. The van der Waals surface area contributed by atoms with Crippen LogP contribution in [0.4, 0.5) is 0 Å². The smallest absolute Gasteiger partial charge is 0.402 e. The molecule has 3 saturated heterocycles. The van der Waals surface area contributed by atoms with Crippen LogP contribution in [-0.4, -0.2) is 75.1 Å². The van der Waals surface area contributed by atoms with Crippen molar-refractivity contribution >= 4 is 0 Å². The average molecular weight is 750 g/mol. The summed E-state index contributed by atoms with van der Waals surface area (Å²) >= 11 is 0. The monoisotopic (exact) mass is 748 g/mol. The second kappa shape index (κ2) is 38.8. The minimum Gasteiger partial charge on any atom is -0.402 e. The van der Waals surface area contributed by atoms with Gasteiger partial charge in [0.2, 0.25) is 0 Å². The fraction of sp³-hybridized carbons (Fsp3) is 0.860. The SMILES string of the molecule is C/C(N)=C(\C)C1CCN(C)CC1.CC.CC.CC(C)(C)C.CC(C)(C)C.CC(C)=C(C)N.CC1CCN(C)CC1.CN1CC[CH-]CC1.[CH3-].[Zn+2]. The summed E-state index contributed by atoms with van der Waals surface area (Å²) in [6, 6.07) is 0. The molecule has 0 amide bonds. The molecule has 3 fully saturated rings. The van der Waals surface area contributed by atoms with Crippen molar-refractivity contribution in [2.45, 2.75) is 163 Å². The summed E-state index contributed by atoms with van der Waals surface area (Å²) in [5.74, 6) is 1.72. The van der Waals surface area contributed by atoms with E-state index >= 15 is 0 Å². The molecule has 0 atom stereocenters. The number of nitrogens with zero attached hydrogens (tertiary/aromatic N) is 3. The van der Waals surface area contributed by atoms with Crippen molar-refractivity contribution in [3.63, 3.8) is 0 Å². The minimum atomic E-state index is 0. The molecule has 49 heavy (non-hydrogen) atoms. The molecule has 0 radical (unpaired) electrons. The van der Waals surface area contributed by atoms with Crippen LogP contribution in [0.1, 0.15) is 163 Å². The van der Waals surface area contributed by atoms with Gasteiger partial charge in [-0.25, -0.2) is 0 Å². The molecule has 0 spiro atoms. The Hall–Kier alpha value is -0.417. The summed E-state index contributed by atoms with van der Waals surface area (Å²) in [4.78, 5) is 7.15. The van der Waals surface area contributed by atoms with Gasteiger partial charge in [0.1, 0.15) is 0 Å². The Labute approximate surface area is 327 Å². The van der Waals surface area contributed by atoms with E-state index in [1.807, 2.05) is 55.4 Å². The van der Waals surface area contributed by atoms with Crippen molar-refractivity contribution in [3.8, 4) is 0 Å². The molecule has 0 bridgehead atoms. The van der Waals surface area contributed by atoms with Gasteiger partial charge in [-0.2, -0.15) is 12.8 Å². The maximum Gasteiger partial charge on any atom is 2.00 e. The number of hydrogen-bond donors (Lipinski definition) is 2. The van der Waals surface area contributed by atoms with Gasteiger partial charge in [0, 0.05) is 11.4 Å². The first kappa shape index (κ1) is 63.6. The summed E-state index contributed by atoms with van der Waals surface area (Å²) in [5, 5.41) is 0. The average Bonchev–Trinajstić information content (AvgIpc) is 2.96. The van der Waals surface area contributed by atoms with E-state index in [0.29, 0.717) is 10.8 Å². The molecule has 3 heterocycles. The Bertz CT molecular complexity index is 655. The zero-order valence-corrected chi connectivity index (χ0v) is 41.4. The number of likely N-dealkylation sites (tertiary alicyclic amines) is 3. The number of allylic oxidation sites excluding steroid dienone is 4. The van der Waals surface area contributed by atoms with Crippen molar-refractivity contribution < 1.29 is 19.5 Å². The maximum atomic E-state index is 5.77. The Morgan fingerprint density at radius 1 is 0.551 bits per heavy atom. The molecule has 3 rings (SSSR count). The molecule has 0 saturated carbocycles. The molecular formula is C43H97N5Zn. The van der Waals surface area contributed by atoms with Gasteiger partial charge in [0.25, 0.3) is 0 Å². The summed E-state index contributed by atoms with van der Waals surface area (Å²) in [5.41, 5.74) is 16.6. The van der Waals surface area contributed by atoms with Crippen LogP contribution in [0.2, 0.25) is 0 Å². The third-order valence-electron chi connectivity index (χ3n) is 7.18. The standard InChI is InChI=1S/C10H20N2.C7H15N.C6H12N.C5H11N.2C5H12.2C2H6.CH3.Zn/c1-8(9(2)11)10-4-6-12(3)7-5-10;1-7-3-5-8(2)6-4-7;1-7-5-3-2-4-6-7;1-4(2)5(3)6;2*1-5(2,3)4;2*1-2;;/h10H,4-7,11H2,1-3H3;7H,3-6H2,1-2H3;2H,3-6H2,1H3;6H2,1-3H3;2*1-4H3;2*1-2H3;1H3;/q;;-1;;;;;;-1;+2/b9-8-;;;;;;;;;. The van der Waals surface area contributed by atoms with E-state index in [1.54, 1.807) is 0 Å². The van der Waals surface area contributed by atoms with Gasteiger partial charge in [-0.15, -0.1) is 0 Å². The van der Waals surface area contributed by atoms with Crippen molar-refractivity contribution in [1.29, 1.82) is 0 Å². The van der Waals surface area contributed by atoms with E-state index in [0.717, 1.165) is 23.2 Å². The van der Waals surface area contributed by atoms with Crippen LogP contribution in [0, 0.1) is 36.5 Å². The first-order valence-corrected chi connectivity index (χ1v) is 19.1. The van der Waals surface area contributed by atoms with E-state index in [4.69, 9.17) is 11.5 Å². The predicted octanol–water partition coefficient (Wildman–Crippen LogP) is 11.7. The van der Waals surface area contributed by atoms with E-state index < -0.39 is 0 Å². The van der Waals surface area contributed by atoms with Crippen molar-refractivity contribution in [2.24, 2.45) is 34.1 Å². The van der Waals surface area contributed by atoms with Crippen molar-refractivity contribution in [2.75, 3.05) is 60.4 Å². The van der Waals surface area contributed by atoms with Crippen molar-refractivity contribution in [3.05, 3.63) is 36.4 Å². The van der Waals surface area contributed by atoms with Gasteiger partial charge >= 0.3 is 19.5 Å². The maximum absolute atomic E-state index is 5.77. The zero-order chi connectivity index (χ0) is 38.4. The van der Waals surface area contributed by atoms with Gasteiger partial charge in [-0.3, -0.25) is 0 Å². The topological polar surface area (TPSA) is 61.8 Å². The Kier molecular flexibility index (Phi) is 50.4. The third-order valence-corrected chi connectivity index (χ3v) is 7.18. The summed E-state index contributed by atoms with van der Waals surface area (Å²) in [6.07, 6.45) is 10.3. The fourth-order valence-electron chi connectivity index (χ4n) is 3.78. The van der Waals surface area contributed by atoms with Crippen LogP contribution >= 0.6 is 0 Å². The van der Waals surface area contributed by atoms with E-state index in [1.165, 1.54) is 88.9 Å². The molecule has 4 N–H and O–H groups in total. The summed E-state index contributed by atoms with van der Waals surface area (Å²) in [6.45, 7) is 45.5. The van der Waals surface area contributed by atoms with Crippen LogP contribution in [0.25, 0.3) is 0 Å². The number of nitrogens with two attached hydrogens (primary N) is 2. The number of rotatable bonds is 1. The van der Waals surface area contributed by atoms with Crippen LogP contribution in [0.5, 0.6) is 0 Å². The van der Waals surface area contributed by atoms with E-state index in [-0.39, 0.29) is 26.9 Å². The first-order chi connectivity index (χ1) is 21.4. The van der Waals surface area contributed by atoms with Gasteiger partial charge in [-0.1, -0.05) is 101 Å². The second-order valence-electron chi connectivity index (χ2n) is 16.8. The van der Waals surface area contributed by atoms with Gasteiger partial charge < -0.3 is 40.0 Å². The molecule has 0 aromatic heterocycles. The summed E-state index contributed by atoms with van der Waals surface area (Å²) in [7, 11) is 6.56. The molecule has 0 aliphatic carbocycles. The van der Waals surface area contributed by atoms with Gasteiger partial charge in [0.15, 0.2) is 0 Å². The molecule has 0 aromatic rings. The van der Waals surface area contributed by atoms with Crippen LogP contribution in [0.3, 0.4) is 0 Å². The van der Waals surface area contributed by atoms with Gasteiger partial charge in [0.05, 0.1) is 0 Å². The first-order valence-electron chi connectivity index (χ1n) is 19.1. The molecule has 3 aliphatic rings. The van der Waals surface area contributed by atoms with Crippen LogP contribution in [0.15, 0.2) is 22.5 Å². The Morgan fingerprint density at radius 2 is 0.796 bits per heavy atom. The predicted molar refractivity (Wildman–Crippen MR) is 227 cm³/mol. The molecule has 6 heteroatoms. The summed E-state index contributed by atoms with van der Waals surface area (Å²) < 4.78 is 0. The molecule has 5 nitrogen and oxygen atoms in total. The molecule has 3 aliphatic heterocycles. The largest absolute Gasteiger partial charge is 2.00 e. The van der Waals surface area contributed by atoms with Crippen LogP contribution < -0.4 is 11.5 Å². The second-order valence-corrected chi connectivity index (χ2v) is 16.8. The normalized spacial score (nSPS) is 17.4. The molecular weight excluding hydrogens is 652 g/mol. The minimum absolute atomic E-state index is 0. The van der Waals surface area contributed by atoms with Crippen LogP contribution in [-0.2, 0) is 19.5 Å². The molecule has 0 aromatic carbocycles. The Balaban J connectivity index is -0.0000000862. The van der Waals surface area contributed by atoms with E-state index in [9.17, 15) is 0 Å². The van der Waals surface area contributed by atoms with Gasteiger partial charge in [-0.05, 0) is 143 Å². The Morgan fingerprint density at radius 3 is 0.980 bits per heavy atom. The number of piperidine rings is 3. The number of hydrogen-bond acceptors (Lipinski definition) is 5. The third kappa shape index (κ3) is 63.1. The quantitative estimate of drug-likeness (QED) is 0.206. The zero-order valence-electron chi connectivity index (χ0n) is 38.4. The molecule has 0 unspecified atom stereocenters. The molecule has 296 valence electrons. The van der Waals surface area contributed by atoms with E-state index in [2.05, 4.69) is 112 Å².